The molecule has 4 heteroatoms. The van der Waals surface area contributed by atoms with Crippen molar-refractivity contribution in [2.75, 3.05) is 26.2 Å². The molecule has 2 saturated heterocycles. The van der Waals surface area contributed by atoms with E-state index in [1.165, 1.54) is 37.4 Å². The fraction of sp³-hybridized carbons (Fsp3) is 0.769. The van der Waals surface area contributed by atoms with Crippen LogP contribution >= 0.6 is 0 Å². The Balaban J connectivity index is 1.67. The molecule has 1 aromatic heterocycles. The van der Waals surface area contributed by atoms with Crippen LogP contribution in [-0.2, 0) is 20.0 Å². The first-order valence-corrected chi connectivity index (χ1v) is 6.70. The SMILES string of the molecule is CCc1nn(C)cc1CN1C[C@H]2CNC[C@H]2C1. The topological polar surface area (TPSA) is 33.1 Å². The Hall–Kier alpha value is -0.870. The minimum absolute atomic E-state index is 0.886. The number of hydrogen-bond donors (Lipinski definition) is 1. The molecule has 1 aromatic rings. The van der Waals surface area contributed by atoms with Crippen molar-refractivity contribution in [3.63, 3.8) is 0 Å². The highest BCUT2D eigenvalue weighted by Crippen LogP contribution is 2.27. The molecule has 0 aromatic carbocycles. The summed E-state index contributed by atoms with van der Waals surface area (Å²) in [5.41, 5.74) is 2.69. The zero-order valence-corrected chi connectivity index (χ0v) is 10.8. The zero-order valence-electron chi connectivity index (χ0n) is 10.8. The minimum atomic E-state index is 0.886. The fourth-order valence-corrected chi connectivity index (χ4v) is 3.34. The molecule has 0 radical (unpaired) electrons. The Labute approximate surface area is 103 Å². The summed E-state index contributed by atoms with van der Waals surface area (Å²) in [5, 5.41) is 8.01. The van der Waals surface area contributed by atoms with Crippen LogP contribution in [0, 0.1) is 11.8 Å². The third-order valence-corrected chi connectivity index (χ3v) is 4.19. The molecule has 3 rings (SSSR count). The molecular weight excluding hydrogens is 212 g/mol. The van der Waals surface area contributed by atoms with Crippen molar-refractivity contribution < 1.29 is 0 Å². The molecule has 2 fully saturated rings. The normalized spacial score (nSPS) is 28.8. The summed E-state index contributed by atoms with van der Waals surface area (Å²) in [6.45, 7) is 8.23. The predicted octanol–water partition coefficient (Wildman–Crippen LogP) is 0.634. The highest BCUT2D eigenvalue weighted by atomic mass is 15.3. The maximum atomic E-state index is 4.52. The molecule has 0 amide bonds. The van der Waals surface area contributed by atoms with Gasteiger partial charge in [-0.2, -0.15) is 5.10 Å². The summed E-state index contributed by atoms with van der Waals surface area (Å²) < 4.78 is 1.95. The van der Waals surface area contributed by atoms with Crippen LogP contribution in [0.2, 0.25) is 0 Å². The Kier molecular flexibility index (Phi) is 2.92. The third kappa shape index (κ3) is 2.11. The maximum absolute atomic E-state index is 4.52. The maximum Gasteiger partial charge on any atom is 0.0666 e. The van der Waals surface area contributed by atoms with Crippen molar-refractivity contribution in [1.29, 1.82) is 0 Å². The van der Waals surface area contributed by atoms with Gasteiger partial charge in [-0.3, -0.25) is 9.58 Å². The van der Waals surface area contributed by atoms with Gasteiger partial charge >= 0.3 is 0 Å². The number of rotatable bonds is 3. The third-order valence-electron chi connectivity index (χ3n) is 4.19. The summed E-state index contributed by atoms with van der Waals surface area (Å²) in [4.78, 5) is 2.60. The summed E-state index contributed by atoms with van der Waals surface area (Å²) in [7, 11) is 2.02. The van der Waals surface area contributed by atoms with Gasteiger partial charge in [0.15, 0.2) is 0 Å². The molecule has 0 saturated carbocycles. The van der Waals surface area contributed by atoms with E-state index in [1.807, 2.05) is 11.7 Å². The summed E-state index contributed by atoms with van der Waals surface area (Å²) in [6.07, 6.45) is 3.23. The van der Waals surface area contributed by atoms with Crippen molar-refractivity contribution >= 4 is 0 Å². The van der Waals surface area contributed by atoms with Crippen LogP contribution in [0.5, 0.6) is 0 Å². The Bertz CT molecular complexity index is 386. The molecule has 2 atom stereocenters. The number of hydrogen-bond acceptors (Lipinski definition) is 3. The van der Waals surface area contributed by atoms with Gasteiger partial charge < -0.3 is 5.32 Å². The molecule has 2 aliphatic rings. The van der Waals surface area contributed by atoms with Gasteiger partial charge in [0.05, 0.1) is 5.69 Å². The van der Waals surface area contributed by atoms with E-state index in [4.69, 9.17) is 0 Å². The van der Waals surface area contributed by atoms with Crippen LogP contribution < -0.4 is 5.32 Å². The molecule has 17 heavy (non-hydrogen) atoms. The number of fused-ring (bicyclic) bond motifs is 1. The van der Waals surface area contributed by atoms with Crippen LogP contribution in [0.4, 0.5) is 0 Å². The molecule has 1 N–H and O–H groups in total. The molecule has 0 unspecified atom stereocenters. The lowest BCUT2D eigenvalue weighted by Gasteiger charge is -2.16. The summed E-state index contributed by atoms with van der Waals surface area (Å²) in [5.74, 6) is 1.77. The van der Waals surface area contributed by atoms with E-state index < -0.39 is 0 Å². The molecule has 0 aliphatic carbocycles. The summed E-state index contributed by atoms with van der Waals surface area (Å²) >= 11 is 0. The minimum Gasteiger partial charge on any atom is -0.316 e. The van der Waals surface area contributed by atoms with Crippen LogP contribution in [0.3, 0.4) is 0 Å². The van der Waals surface area contributed by atoms with Crippen LogP contribution in [0.25, 0.3) is 0 Å². The van der Waals surface area contributed by atoms with Gasteiger partial charge in [-0.15, -0.1) is 0 Å². The lowest BCUT2D eigenvalue weighted by Crippen LogP contribution is -2.25. The second-order valence-electron chi connectivity index (χ2n) is 5.50. The monoisotopic (exact) mass is 234 g/mol. The van der Waals surface area contributed by atoms with Gasteiger partial charge in [-0.05, 0) is 31.3 Å². The lowest BCUT2D eigenvalue weighted by atomic mass is 10.0. The first kappa shape index (κ1) is 11.2. The average Bonchev–Trinajstić information content (AvgIpc) is 2.92. The van der Waals surface area contributed by atoms with Crippen molar-refractivity contribution in [3.8, 4) is 0 Å². The van der Waals surface area contributed by atoms with Crippen molar-refractivity contribution in [3.05, 3.63) is 17.5 Å². The Morgan fingerprint density at radius 2 is 2.06 bits per heavy atom. The zero-order chi connectivity index (χ0) is 11.8. The number of aromatic nitrogens is 2. The number of nitrogens with one attached hydrogen (secondary N) is 1. The van der Waals surface area contributed by atoms with E-state index in [0.717, 1.165) is 24.8 Å². The van der Waals surface area contributed by atoms with E-state index in [2.05, 4.69) is 28.4 Å². The smallest absolute Gasteiger partial charge is 0.0666 e. The van der Waals surface area contributed by atoms with E-state index in [-0.39, 0.29) is 0 Å². The highest BCUT2D eigenvalue weighted by Gasteiger charge is 2.36. The molecular formula is C13H22N4. The molecule has 0 bridgehead atoms. The van der Waals surface area contributed by atoms with Gasteiger partial charge in [0.2, 0.25) is 0 Å². The highest BCUT2D eigenvalue weighted by molar-refractivity contribution is 5.17. The molecule has 4 nitrogen and oxygen atoms in total. The molecule has 94 valence electrons. The number of nitrogens with zero attached hydrogens (tertiary/aromatic N) is 3. The van der Waals surface area contributed by atoms with Gasteiger partial charge in [-0.1, -0.05) is 6.92 Å². The molecule has 3 heterocycles. The quantitative estimate of drug-likeness (QED) is 0.833. The average molecular weight is 234 g/mol. The van der Waals surface area contributed by atoms with E-state index in [9.17, 15) is 0 Å². The molecule has 0 spiro atoms. The largest absolute Gasteiger partial charge is 0.316 e. The lowest BCUT2D eigenvalue weighted by molar-refractivity contribution is 0.305. The van der Waals surface area contributed by atoms with Gasteiger partial charge in [0, 0.05) is 38.4 Å². The van der Waals surface area contributed by atoms with E-state index >= 15 is 0 Å². The number of likely N-dealkylation sites (tertiary alicyclic amines) is 1. The summed E-state index contributed by atoms with van der Waals surface area (Å²) in [6, 6.07) is 0. The Morgan fingerprint density at radius 3 is 2.71 bits per heavy atom. The van der Waals surface area contributed by atoms with Crippen molar-refractivity contribution in [1.82, 2.24) is 20.0 Å². The van der Waals surface area contributed by atoms with Gasteiger partial charge in [-0.25, -0.2) is 0 Å². The van der Waals surface area contributed by atoms with Gasteiger partial charge in [0.25, 0.3) is 0 Å². The van der Waals surface area contributed by atoms with E-state index in [0.29, 0.717) is 0 Å². The van der Waals surface area contributed by atoms with Crippen molar-refractivity contribution in [2.45, 2.75) is 19.9 Å². The predicted molar refractivity (Wildman–Crippen MR) is 67.7 cm³/mol. The first-order valence-electron chi connectivity index (χ1n) is 6.70. The van der Waals surface area contributed by atoms with Gasteiger partial charge in [0.1, 0.15) is 0 Å². The first-order chi connectivity index (χ1) is 8.26. The van der Waals surface area contributed by atoms with Crippen LogP contribution in [0.1, 0.15) is 18.2 Å². The molecule has 2 aliphatic heterocycles. The van der Waals surface area contributed by atoms with E-state index in [1.54, 1.807) is 0 Å². The van der Waals surface area contributed by atoms with Crippen LogP contribution in [-0.4, -0.2) is 40.9 Å². The van der Waals surface area contributed by atoms with Crippen molar-refractivity contribution in [2.24, 2.45) is 18.9 Å². The fourth-order valence-electron chi connectivity index (χ4n) is 3.34. The van der Waals surface area contributed by atoms with Crippen LogP contribution in [0.15, 0.2) is 6.20 Å². The standard InChI is InChI=1S/C13H22N4/c1-3-13-12(6-16(2)15-13)9-17-7-10-4-14-5-11(10)8-17/h6,10-11,14H,3-5,7-9H2,1-2H3/t10-,11+. The Morgan fingerprint density at radius 1 is 1.35 bits per heavy atom. The number of aryl methyl sites for hydroxylation is 2. The second kappa shape index (κ2) is 4.42. The second-order valence-corrected chi connectivity index (χ2v) is 5.50.